The third-order valence-electron chi connectivity index (χ3n) is 0.697. The Labute approximate surface area is 45.6 Å². The monoisotopic (exact) mass is 111 g/mol. The van der Waals surface area contributed by atoms with Gasteiger partial charge < -0.3 is 5.73 Å². The van der Waals surface area contributed by atoms with Gasteiger partial charge in [0, 0.05) is 0 Å². The molecule has 0 fully saturated rings. The van der Waals surface area contributed by atoms with Crippen molar-refractivity contribution in [3.05, 3.63) is 12.7 Å². The second-order valence-corrected chi connectivity index (χ2v) is 1.25. The van der Waals surface area contributed by atoms with Gasteiger partial charge in [-0.3, -0.25) is 9.98 Å². The van der Waals surface area contributed by atoms with Crippen molar-refractivity contribution in [2.45, 2.75) is 0 Å². The van der Waals surface area contributed by atoms with Gasteiger partial charge in [-0.1, -0.05) is 0 Å². The summed E-state index contributed by atoms with van der Waals surface area (Å²) in [6, 6.07) is 0. The zero-order valence-electron chi connectivity index (χ0n) is 4.07. The van der Waals surface area contributed by atoms with E-state index in [9.17, 15) is 0 Å². The first-order chi connectivity index (χ1) is 3.80. The minimum absolute atomic E-state index is 0.0741. The van der Waals surface area contributed by atoms with Crippen molar-refractivity contribution in [2.24, 2.45) is 5.73 Å². The molecule has 0 spiro atoms. The second-order valence-electron chi connectivity index (χ2n) is 1.25. The SMILES string of the molecule is N=C(N)n1cnnc1. The van der Waals surface area contributed by atoms with Crippen LogP contribution >= 0.6 is 0 Å². The van der Waals surface area contributed by atoms with Crippen molar-refractivity contribution in [3.63, 3.8) is 0 Å². The van der Waals surface area contributed by atoms with Crippen molar-refractivity contribution in [2.75, 3.05) is 0 Å². The van der Waals surface area contributed by atoms with Crippen LogP contribution in [0.3, 0.4) is 0 Å². The van der Waals surface area contributed by atoms with Crippen LogP contribution in [0, 0.1) is 5.41 Å². The molecule has 1 aromatic heterocycles. The first-order valence-corrected chi connectivity index (χ1v) is 2.00. The summed E-state index contributed by atoms with van der Waals surface area (Å²) in [6.07, 6.45) is 2.73. The number of hydrogen-bond donors (Lipinski definition) is 2. The predicted molar refractivity (Wildman–Crippen MR) is 27.3 cm³/mol. The highest BCUT2D eigenvalue weighted by Gasteiger charge is 1.88. The lowest BCUT2D eigenvalue weighted by Crippen LogP contribution is -2.18. The predicted octanol–water partition coefficient (Wildman–Crippen LogP) is -0.980. The molecule has 0 aliphatic rings. The fourth-order valence-corrected chi connectivity index (χ4v) is 0.325. The highest BCUT2D eigenvalue weighted by Crippen LogP contribution is 1.73. The van der Waals surface area contributed by atoms with Crippen LogP contribution < -0.4 is 5.73 Å². The highest BCUT2D eigenvalue weighted by atomic mass is 15.3. The number of nitrogens with one attached hydrogen (secondary N) is 1. The number of aromatic nitrogens is 3. The van der Waals surface area contributed by atoms with Gasteiger partial charge in [-0.2, -0.15) is 0 Å². The van der Waals surface area contributed by atoms with Crippen molar-refractivity contribution >= 4 is 5.96 Å². The van der Waals surface area contributed by atoms with Crippen molar-refractivity contribution in [1.82, 2.24) is 14.8 Å². The maximum Gasteiger partial charge on any atom is 0.199 e. The van der Waals surface area contributed by atoms with Crippen LogP contribution in [0.15, 0.2) is 12.7 Å². The number of rotatable bonds is 0. The van der Waals surface area contributed by atoms with Gasteiger partial charge in [-0.15, -0.1) is 10.2 Å². The molecule has 5 heteroatoms. The molecular formula is C3H5N5. The molecule has 3 N–H and O–H groups in total. The minimum Gasteiger partial charge on any atom is -0.369 e. The van der Waals surface area contributed by atoms with Crippen molar-refractivity contribution < 1.29 is 0 Å². The fourth-order valence-electron chi connectivity index (χ4n) is 0.325. The minimum atomic E-state index is -0.0741. The molecule has 0 saturated heterocycles. The third-order valence-corrected chi connectivity index (χ3v) is 0.697. The summed E-state index contributed by atoms with van der Waals surface area (Å²) in [4.78, 5) is 0. The highest BCUT2D eigenvalue weighted by molar-refractivity contribution is 5.76. The Morgan fingerprint density at radius 3 is 2.25 bits per heavy atom. The first kappa shape index (κ1) is 4.76. The van der Waals surface area contributed by atoms with E-state index >= 15 is 0 Å². The lowest BCUT2D eigenvalue weighted by atomic mass is 10.9. The lowest BCUT2D eigenvalue weighted by Gasteiger charge is -1.90. The van der Waals surface area contributed by atoms with Gasteiger partial charge in [0.1, 0.15) is 12.7 Å². The molecule has 0 radical (unpaired) electrons. The molecule has 0 unspecified atom stereocenters. The molecular weight excluding hydrogens is 106 g/mol. The summed E-state index contributed by atoms with van der Waals surface area (Å²) in [5.74, 6) is -0.0741. The molecule has 0 amide bonds. The summed E-state index contributed by atoms with van der Waals surface area (Å²) in [6.45, 7) is 0. The van der Waals surface area contributed by atoms with Gasteiger partial charge in [-0.05, 0) is 0 Å². The van der Waals surface area contributed by atoms with E-state index in [1.165, 1.54) is 17.2 Å². The summed E-state index contributed by atoms with van der Waals surface area (Å²) in [7, 11) is 0. The Morgan fingerprint density at radius 2 is 2.00 bits per heavy atom. The normalized spacial score (nSPS) is 9.00. The standard InChI is InChI=1S/C3H5N5/c4-3(5)8-1-6-7-2-8/h1-2H,(H3,4,5). The molecule has 5 nitrogen and oxygen atoms in total. The summed E-state index contributed by atoms with van der Waals surface area (Å²) in [5.41, 5.74) is 5.02. The maximum atomic E-state index is 6.81. The molecule has 1 rings (SSSR count). The molecule has 0 aliphatic carbocycles. The number of hydrogen-bond acceptors (Lipinski definition) is 3. The topological polar surface area (TPSA) is 80.6 Å². The lowest BCUT2D eigenvalue weighted by molar-refractivity contribution is 1.08. The van der Waals surface area contributed by atoms with Crippen LogP contribution in [0.25, 0.3) is 0 Å². The van der Waals surface area contributed by atoms with E-state index in [2.05, 4.69) is 10.2 Å². The van der Waals surface area contributed by atoms with E-state index in [0.717, 1.165) is 0 Å². The molecule has 1 heterocycles. The Kier molecular flexibility index (Phi) is 0.957. The van der Waals surface area contributed by atoms with E-state index in [-0.39, 0.29) is 5.96 Å². The van der Waals surface area contributed by atoms with E-state index in [1.54, 1.807) is 0 Å². The molecule has 42 valence electrons. The Hall–Kier alpha value is -1.39. The Morgan fingerprint density at radius 1 is 1.50 bits per heavy atom. The fraction of sp³-hybridized carbons (Fsp3) is 0. The quantitative estimate of drug-likeness (QED) is 0.333. The molecule has 0 atom stereocenters. The van der Waals surface area contributed by atoms with Gasteiger partial charge in [0.05, 0.1) is 0 Å². The van der Waals surface area contributed by atoms with Crippen molar-refractivity contribution in [1.29, 1.82) is 5.41 Å². The van der Waals surface area contributed by atoms with Gasteiger partial charge in [0.25, 0.3) is 0 Å². The number of nitrogens with two attached hydrogens (primary N) is 1. The van der Waals surface area contributed by atoms with Gasteiger partial charge in [0.15, 0.2) is 5.96 Å². The smallest absolute Gasteiger partial charge is 0.199 e. The zero-order chi connectivity index (χ0) is 5.98. The molecule has 0 saturated carbocycles. The number of nitrogen functional groups attached to an aromatic ring is 1. The van der Waals surface area contributed by atoms with Crippen LogP contribution in [0.4, 0.5) is 0 Å². The van der Waals surface area contributed by atoms with Crippen LogP contribution in [0.5, 0.6) is 0 Å². The molecule has 8 heavy (non-hydrogen) atoms. The van der Waals surface area contributed by atoms with Crippen LogP contribution in [-0.4, -0.2) is 20.7 Å². The van der Waals surface area contributed by atoms with Gasteiger partial charge >= 0.3 is 0 Å². The number of nitrogens with zero attached hydrogens (tertiary/aromatic N) is 3. The molecule has 0 bridgehead atoms. The van der Waals surface area contributed by atoms with Crippen LogP contribution in [-0.2, 0) is 0 Å². The Bertz CT molecular complexity index is 176. The first-order valence-electron chi connectivity index (χ1n) is 2.00. The molecule has 0 aromatic carbocycles. The summed E-state index contributed by atoms with van der Waals surface area (Å²) >= 11 is 0. The average Bonchev–Trinajstić information content (AvgIpc) is 2.12. The largest absolute Gasteiger partial charge is 0.369 e. The molecule has 1 aromatic rings. The summed E-state index contributed by atoms with van der Waals surface area (Å²) < 4.78 is 1.31. The van der Waals surface area contributed by atoms with Gasteiger partial charge in [-0.25, -0.2) is 0 Å². The Balaban J connectivity index is 2.93. The van der Waals surface area contributed by atoms with E-state index in [4.69, 9.17) is 11.1 Å². The van der Waals surface area contributed by atoms with Crippen molar-refractivity contribution in [3.8, 4) is 0 Å². The summed E-state index contributed by atoms with van der Waals surface area (Å²) in [5, 5.41) is 13.7. The van der Waals surface area contributed by atoms with E-state index in [1.807, 2.05) is 0 Å². The van der Waals surface area contributed by atoms with Crippen LogP contribution in [0.1, 0.15) is 0 Å². The van der Waals surface area contributed by atoms with Gasteiger partial charge in [0.2, 0.25) is 0 Å². The third kappa shape index (κ3) is 0.651. The second kappa shape index (κ2) is 1.61. The zero-order valence-corrected chi connectivity index (χ0v) is 4.07. The average molecular weight is 111 g/mol. The maximum absolute atomic E-state index is 6.81. The van der Waals surface area contributed by atoms with E-state index in [0.29, 0.717) is 0 Å². The van der Waals surface area contributed by atoms with E-state index < -0.39 is 0 Å². The van der Waals surface area contributed by atoms with Crippen LogP contribution in [0.2, 0.25) is 0 Å². The molecule has 0 aliphatic heterocycles.